The summed E-state index contributed by atoms with van der Waals surface area (Å²) in [4.78, 5) is 0. The lowest BCUT2D eigenvalue weighted by atomic mass is 9.98. The number of hydrogen-bond donors (Lipinski definition) is 1. The van der Waals surface area contributed by atoms with Gasteiger partial charge in [0.1, 0.15) is 11.9 Å². The molecule has 0 saturated heterocycles. The number of hydrogen-bond acceptors (Lipinski definition) is 2. The van der Waals surface area contributed by atoms with Gasteiger partial charge in [0, 0.05) is 0 Å². The van der Waals surface area contributed by atoms with E-state index in [1.54, 1.807) is 0 Å². The van der Waals surface area contributed by atoms with Crippen LogP contribution in [-0.2, 0) is 0 Å². The van der Waals surface area contributed by atoms with Crippen LogP contribution in [0.3, 0.4) is 0 Å². The van der Waals surface area contributed by atoms with Crippen LogP contribution >= 0.6 is 0 Å². The third-order valence-corrected chi connectivity index (χ3v) is 3.57. The van der Waals surface area contributed by atoms with Gasteiger partial charge in [-0.1, -0.05) is 19.9 Å². The van der Waals surface area contributed by atoms with Crippen LogP contribution in [0.4, 0.5) is 0 Å². The second-order valence-electron chi connectivity index (χ2n) is 5.33. The molecule has 1 aromatic rings. The molecule has 1 aromatic carbocycles. The zero-order chi connectivity index (χ0) is 12.4. The van der Waals surface area contributed by atoms with Crippen molar-refractivity contribution in [1.29, 1.82) is 0 Å². The van der Waals surface area contributed by atoms with Crippen molar-refractivity contribution in [1.82, 2.24) is 0 Å². The SMILES string of the molecule is Cc1cc(OC2CCCC2O)ccc1C(C)C. The van der Waals surface area contributed by atoms with E-state index in [0.717, 1.165) is 25.0 Å². The van der Waals surface area contributed by atoms with Crippen LogP contribution in [0.25, 0.3) is 0 Å². The molecular formula is C15H22O2. The zero-order valence-electron chi connectivity index (χ0n) is 10.9. The summed E-state index contributed by atoms with van der Waals surface area (Å²) in [6.45, 7) is 6.51. The highest BCUT2D eigenvalue weighted by Gasteiger charge is 2.26. The fourth-order valence-corrected chi connectivity index (χ4v) is 2.59. The van der Waals surface area contributed by atoms with Gasteiger partial charge in [0.05, 0.1) is 6.10 Å². The Hall–Kier alpha value is -1.02. The first-order valence-corrected chi connectivity index (χ1v) is 6.53. The van der Waals surface area contributed by atoms with E-state index in [0.29, 0.717) is 5.92 Å². The highest BCUT2D eigenvalue weighted by atomic mass is 16.5. The first-order chi connectivity index (χ1) is 8.08. The van der Waals surface area contributed by atoms with Gasteiger partial charge in [-0.15, -0.1) is 0 Å². The van der Waals surface area contributed by atoms with Crippen molar-refractivity contribution in [2.45, 2.75) is 58.2 Å². The third-order valence-electron chi connectivity index (χ3n) is 3.57. The van der Waals surface area contributed by atoms with Crippen LogP contribution in [0.15, 0.2) is 18.2 Å². The first kappa shape index (κ1) is 12.4. The van der Waals surface area contributed by atoms with Crippen LogP contribution in [0.1, 0.15) is 50.2 Å². The predicted octanol–water partition coefficient (Wildman–Crippen LogP) is 3.41. The van der Waals surface area contributed by atoms with E-state index in [-0.39, 0.29) is 12.2 Å². The lowest BCUT2D eigenvalue weighted by molar-refractivity contribution is 0.0603. The lowest BCUT2D eigenvalue weighted by Gasteiger charge is -2.18. The molecule has 0 amide bonds. The maximum atomic E-state index is 9.74. The van der Waals surface area contributed by atoms with Crippen molar-refractivity contribution in [3.05, 3.63) is 29.3 Å². The molecule has 1 N–H and O–H groups in total. The molecule has 94 valence electrons. The molecule has 0 aromatic heterocycles. The summed E-state index contributed by atoms with van der Waals surface area (Å²) in [5, 5.41) is 9.74. The number of ether oxygens (including phenoxy) is 1. The van der Waals surface area contributed by atoms with Crippen molar-refractivity contribution < 1.29 is 9.84 Å². The molecule has 1 fully saturated rings. The Labute approximate surface area is 104 Å². The maximum Gasteiger partial charge on any atom is 0.124 e. The molecule has 1 aliphatic carbocycles. The van der Waals surface area contributed by atoms with Crippen LogP contribution in [0.2, 0.25) is 0 Å². The van der Waals surface area contributed by atoms with Gasteiger partial charge in [-0.2, -0.15) is 0 Å². The van der Waals surface area contributed by atoms with Crippen LogP contribution in [-0.4, -0.2) is 17.3 Å². The molecule has 2 rings (SSSR count). The minimum atomic E-state index is -0.292. The number of aliphatic hydroxyl groups excluding tert-OH is 1. The Balaban J connectivity index is 2.09. The fraction of sp³-hybridized carbons (Fsp3) is 0.600. The molecule has 0 bridgehead atoms. The minimum absolute atomic E-state index is 0.0145. The largest absolute Gasteiger partial charge is 0.488 e. The second-order valence-corrected chi connectivity index (χ2v) is 5.33. The number of aryl methyl sites for hydroxylation is 1. The minimum Gasteiger partial charge on any atom is -0.488 e. The smallest absolute Gasteiger partial charge is 0.124 e. The van der Waals surface area contributed by atoms with Crippen LogP contribution < -0.4 is 4.74 Å². The quantitative estimate of drug-likeness (QED) is 0.868. The monoisotopic (exact) mass is 234 g/mol. The summed E-state index contributed by atoms with van der Waals surface area (Å²) >= 11 is 0. The topological polar surface area (TPSA) is 29.5 Å². The Morgan fingerprint density at radius 1 is 1.29 bits per heavy atom. The highest BCUT2D eigenvalue weighted by molar-refractivity contribution is 5.36. The Bertz CT molecular complexity index is 385. The molecule has 0 heterocycles. The van der Waals surface area contributed by atoms with E-state index in [9.17, 15) is 5.11 Å². The van der Waals surface area contributed by atoms with Gasteiger partial charge in [0.2, 0.25) is 0 Å². The Morgan fingerprint density at radius 2 is 2.06 bits per heavy atom. The summed E-state index contributed by atoms with van der Waals surface area (Å²) in [5.41, 5.74) is 2.63. The molecule has 0 aliphatic heterocycles. The van der Waals surface area contributed by atoms with E-state index in [2.05, 4.69) is 32.9 Å². The number of aliphatic hydroxyl groups is 1. The van der Waals surface area contributed by atoms with E-state index < -0.39 is 0 Å². The van der Waals surface area contributed by atoms with Crippen LogP contribution in [0, 0.1) is 6.92 Å². The van der Waals surface area contributed by atoms with E-state index >= 15 is 0 Å². The molecule has 17 heavy (non-hydrogen) atoms. The molecule has 1 saturated carbocycles. The van der Waals surface area contributed by atoms with Gasteiger partial charge in [0.25, 0.3) is 0 Å². The third kappa shape index (κ3) is 2.81. The van der Waals surface area contributed by atoms with Gasteiger partial charge in [-0.25, -0.2) is 0 Å². The van der Waals surface area contributed by atoms with E-state index in [4.69, 9.17) is 4.74 Å². The summed E-state index contributed by atoms with van der Waals surface area (Å²) < 4.78 is 5.85. The van der Waals surface area contributed by atoms with Crippen molar-refractivity contribution in [2.75, 3.05) is 0 Å². The summed E-state index contributed by atoms with van der Waals surface area (Å²) in [7, 11) is 0. The average Bonchev–Trinajstić information content (AvgIpc) is 2.64. The zero-order valence-corrected chi connectivity index (χ0v) is 10.9. The summed E-state index contributed by atoms with van der Waals surface area (Å²) in [6, 6.07) is 6.24. The average molecular weight is 234 g/mol. The number of benzene rings is 1. The summed E-state index contributed by atoms with van der Waals surface area (Å²) in [6.07, 6.45) is 2.59. The van der Waals surface area contributed by atoms with E-state index in [1.807, 2.05) is 6.07 Å². The van der Waals surface area contributed by atoms with Gasteiger partial charge >= 0.3 is 0 Å². The molecule has 2 nitrogen and oxygen atoms in total. The molecule has 2 heteroatoms. The van der Waals surface area contributed by atoms with Crippen molar-refractivity contribution in [3.8, 4) is 5.75 Å². The predicted molar refractivity (Wildman–Crippen MR) is 69.5 cm³/mol. The molecule has 2 unspecified atom stereocenters. The normalized spacial score (nSPS) is 24.3. The molecular weight excluding hydrogens is 212 g/mol. The van der Waals surface area contributed by atoms with Gasteiger partial charge in [0.15, 0.2) is 0 Å². The molecule has 1 aliphatic rings. The Kier molecular flexibility index (Phi) is 3.72. The van der Waals surface area contributed by atoms with Crippen molar-refractivity contribution in [2.24, 2.45) is 0 Å². The Morgan fingerprint density at radius 3 is 2.59 bits per heavy atom. The number of rotatable bonds is 3. The van der Waals surface area contributed by atoms with Crippen molar-refractivity contribution in [3.63, 3.8) is 0 Å². The van der Waals surface area contributed by atoms with Crippen molar-refractivity contribution >= 4 is 0 Å². The second kappa shape index (κ2) is 5.09. The van der Waals surface area contributed by atoms with Gasteiger partial charge in [-0.3, -0.25) is 0 Å². The van der Waals surface area contributed by atoms with Crippen LogP contribution in [0.5, 0.6) is 5.75 Å². The summed E-state index contributed by atoms with van der Waals surface area (Å²) in [5.74, 6) is 1.43. The van der Waals surface area contributed by atoms with Gasteiger partial charge in [-0.05, 0) is 55.4 Å². The fourth-order valence-electron chi connectivity index (χ4n) is 2.59. The van der Waals surface area contributed by atoms with E-state index in [1.165, 1.54) is 11.1 Å². The first-order valence-electron chi connectivity index (χ1n) is 6.53. The molecule has 0 radical (unpaired) electrons. The maximum absolute atomic E-state index is 9.74. The van der Waals surface area contributed by atoms with Gasteiger partial charge < -0.3 is 9.84 Å². The standard InChI is InChI=1S/C15H22O2/c1-10(2)13-8-7-12(9-11(13)3)17-15-6-4-5-14(15)16/h7-10,14-16H,4-6H2,1-3H3. The molecule has 0 spiro atoms. The lowest BCUT2D eigenvalue weighted by Crippen LogP contribution is -2.25. The highest BCUT2D eigenvalue weighted by Crippen LogP contribution is 2.28. The molecule has 2 atom stereocenters.